The highest BCUT2D eigenvalue weighted by atomic mass is 19.4. The highest BCUT2D eigenvalue weighted by molar-refractivity contribution is 5.00. The van der Waals surface area contributed by atoms with E-state index in [0.29, 0.717) is 0 Å². The first-order valence-electron chi connectivity index (χ1n) is 8.80. The molecule has 0 saturated heterocycles. The van der Waals surface area contributed by atoms with E-state index in [0.717, 1.165) is 0 Å². The van der Waals surface area contributed by atoms with Gasteiger partial charge in [-0.05, 0) is 6.42 Å². The van der Waals surface area contributed by atoms with Crippen molar-refractivity contribution in [1.29, 1.82) is 0 Å². The Kier molecular flexibility index (Phi) is 9.77. The number of rotatable bonds is 9. The molecule has 0 aromatic heterocycles. The molecular formula is C16H12F20. The minimum absolute atomic E-state index is 0.893. The topological polar surface area (TPSA) is 0 Å². The van der Waals surface area contributed by atoms with Crippen molar-refractivity contribution in [1.82, 2.24) is 0 Å². The number of allylic oxidation sites excluding steroid dienone is 2. The lowest BCUT2D eigenvalue weighted by molar-refractivity contribution is -0.356. The van der Waals surface area contributed by atoms with Gasteiger partial charge >= 0.3 is 36.6 Å². The molecule has 2 atom stereocenters. The second-order valence-corrected chi connectivity index (χ2v) is 7.59. The van der Waals surface area contributed by atoms with Crippen molar-refractivity contribution in [3.8, 4) is 0 Å². The van der Waals surface area contributed by atoms with Crippen LogP contribution in [0.4, 0.5) is 87.8 Å². The molecule has 0 aliphatic rings. The van der Waals surface area contributed by atoms with Gasteiger partial charge in [0.05, 0.1) is 24.7 Å². The fraction of sp³-hybridized carbons (Fsp3) is 0.875. The van der Waals surface area contributed by atoms with Gasteiger partial charge in [-0.1, -0.05) is 6.08 Å². The summed E-state index contributed by atoms with van der Waals surface area (Å²) < 4.78 is 256. The van der Waals surface area contributed by atoms with Crippen LogP contribution in [0.2, 0.25) is 0 Å². The molecule has 216 valence electrons. The van der Waals surface area contributed by atoms with Gasteiger partial charge in [0.25, 0.3) is 11.8 Å². The van der Waals surface area contributed by atoms with E-state index in [1.54, 1.807) is 0 Å². The third kappa shape index (κ3) is 10.4. The average molecular weight is 584 g/mol. The van der Waals surface area contributed by atoms with Crippen LogP contribution in [0.5, 0.6) is 0 Å². The van der Waals surface area contributed by atoms with Crippen molar-refractivity contribution in [2.45, 2.75) is 74.1 Å². The first kappa shape index (κ1) is 34.3. The molecule has 0 saturated carbocycles. The third-order valence-corrected chi connectivity index (χ3v) is 4.40. The maximum Gasteiger partial charge on any atom is 0.431 e. The van der Waals surface area contributed by atoms with E-state index < -0.39 is 98.1 Å². The van der Waals surface area contributed by atoms with Crippen LogP contribution in [0.25, 0.3) is 0 Å². The summed E-state index contributed by atoms with van der Waals surface area (Å²) in [6.45, 7) is 0. The Bertz CT molecular complexity index is 713. The van der Waals surface area contributed by atoms with E-state index in [2.05, 4.69) is 0 Å². The highest BCUT2D eigenvalue weighted by Gasteiger charge is 2.75. The maximum absolute atomic E-state index is 13.8. The van der Waals surface area contributed by atoms with Crippen LogP contribution >= 0.6 is 0 Å². The fourth-order valence-corrected chi connectivity index (χ4v) is 2.78. The predicted octanol–water partition coefficient (Wildman–Crippen LogP) is 9.13. The summed E-state index contributed by atoms with van der Waals surface area (Å²) in [6, 6.07) is 0. The van der Waals surface area contributed by atoms with E-state index in [9.17, 15) is 87.8 Å². The van der Waals surface area contributed by atoms with Gasteiger partial charge in [-0.3, -0.25) is 0 Å². The van der Waals surface area contributed by atoms with Crippen molar-refractivity contribution in [3.63, 3.8) is 0 Å². The second-order valence-electron chi connectivity index (χ2n) is 7.59. The summed E-state index contributed by atoms with van der Waals surface area (Å²) in [4.78, 5) is 0. The zero-order chi connectivity index (χ0) is 29.4. The van der Waals surface area contributed by atoms with Crippen LogP contribution in [0.3, 0.4) is 0 Å². The molecule has 0 bridgehead atoms. The summed E-state index contributed by atoms with van der Waals surface area (Å²) in [5.41, 5.74) is -6.80. The molecule has 0 fully saturated rings. The molecular weight excluding hydrogens is 572 g/mol. The second kappa shape index (κ2) is 10.2. The van der Waals surface area contributed by atoms with Gasteiger partial charge in [-0.2, -0.15) is 65.9 Å². The van der Waals surface area contributed by atoms with Gasteiger partial charge in [-0.15, -0.1) is 0 Å². The maximum atomic E-state index is 13.8. The lowest BCUT2D eigenvalue weighted by Gasteiger charge is -2.34. The number of hydrogen-bond donors (Lipinski definition) is 0. The quantitative estimate of drug-likeness (QED) is 0.187. The lowest BCUT2D eigenvalue weighted by atomic mass is 9.85. The first-order valence-corrected chi connectivity index (χ1v) is 8.80. The number of halogens is 20. The van der Waals surface area contributed by atoms with Gasteiger partial charge in [0, 0.05) is 12.5 Å². The van der Waals surface area contributed by atoms with Crippen molar-refractivity contribution in [2.24, 2.45) is 11.8 Å². The molecule has 2 unspecified atom stereocenters. The molecule has 0 aliphatic heterocycles. The normalized spacial score (nSPS) is 17.6. The first-order chi connectivity index (χ1) is 15.3. The Balaban J connectivity index is 6.03. The van der Waals surface area contributed by atoms with Gasteiger partial charge in [0.15, 0.2) is 0 Å². The van der Waals surface area contributed by atoms with Crippen molar-refractivity contribution >= 4 is 0 Å². The Labute approximate surface area is 187 Å². The van der Waals surface area contributed by atoms with Crippen LogP contribution < -0.4 is 0 Å². The SMILES string of the molecule is FC(F)(F)/C=C\C(CC(CC(F)(F)CC(F)(F)CC(F)(C(F)(F)F)C(F)(F)F)C(F)(F)F)C(F)(F)F. The molecule has 36 heavy (non-hydrogen) atoms. The molecule has 0 N–H and O–H groups in total. The Hall–Kier alpha value is -1.66. The van der Waals surface area contributed by atoms with Gasteiger partial charge < -0.3 is 0 Å². The molecule has 0 radical (unpaired) electrons. The molecule has 0 aromatic rings. The Morgan fingerprint density at radius 1 is 0.500 bits per heavy atom. The summed E-state index contributed by atoms with van der Waals surface area (Å²) >= 11 is 0. The van der Waals surface area contributed by atoms with Crippen molar-refractivity contribution < 1.29 is 87.8 Å². The lowest BCUT2D eigenvalue weighted by Crippen LogP contribution is -2.56. The van der Waals surface area contributed by atoms with E-state index in [-0.39, 0.29) is 0 Å². The smallest absolute Gasteiger partial charge is 0.223 e. The molecule has 0 spiro atoms. The largest absolute Gasteiger partial charge is 0.431 e. The summed E-state index contributed by atoms with van der Waals surface area (Å²) in [5, 5.41) is 0. The standard InChI is InChI=1S/C16H12F20/c17-9(18,5-10(19,20)6-11(21,15(31,32)33)16(34,35)36)4-8(14(28,29)30)3-7(13(25,26)27)1-2-12(22,23)24/h1-2,7-8H,3-6H2/b2-1-. The van der Waals surface area contributed by atoms with Crippen LogP contribution in [0.1, 0.15) is 25.7 Å². The zero-order valence-electron chi connectivity index (χ0n) is 16.7. The highest BCUT2D eigenvalue weighted by Crippen LogP contribution is 2.53. The van der Waals surface area contributed by atoms with E-state index >= 15 is 0 Å². The molecule has 20 heteroatoms. The molecule has 0 rings (SSSR count). The zero-order valence-corrected chi connectivity index (χ0v) is 16.7. The Morgan fingerprint density at radius 3 is 1.22 bits per heavy atom. The van der Waals surface area contributed by atoms with E-state index in [1.165, 1.54) is 0 Å². The minimum Gasteiger partial charge on any atom is -0.223 e. The van der Waals surface area contributed by atoms with E-state index in [1.807, 2.05) is 0 Å². The summed E-state index contributed by atoms with van der Waals surface area (Å²) in [6.07, 6.45) is -47.4. The molecule has 0 nitrogen and oxygen atoms in total. The van der Waals surface area contributed by atoms with Crippen LogP contribution in [-0.4, -0.2) is 48.4 Å². The molecule has 0 heterocycles. The number of hydrogen-bond acceptors (Lipinski definition) is 0. The molecule has 0 aliphatic carbocycles. The van der Waals surface area contributed by atoms with E-state index in [4.69, 9.17) is 0 Å². The monoisotopic (exact) mass is 584 g/mol. The van der Waals surface area contributed by atoms with Crippen LogP contribution in [0.15, 0.2) is 12.2 Å². The fourth-order valence-electron chi connectivity index (χ4n) is 2.78. The van der Waals surface area contributed by atoms with Crippen molar-refractivity contribution in [3.05, 3.63) is 12.2 Å². The van der Waals surface area contributed by atoms with Gasteiger partial charge in [0.1, 0.15) is 0 Å². The van der Waals surface area contributed by atoms with Crippen molar-refractivity contribution in [2.75, 3.05) is 0 Å². The number of alkyl halides is 20. The van der Waals surface area contributed by atoms with Gasteiger partial charge in [0.2, 0.25) is 0 Å². The predicted molar refractivity (Wildman–Crippen MR) is 78.6 cm³/mol. The minimum atomic E-state index is -7.15. The third-order valence-electron chi connectivity index (χ3n) is 4.40. The van der Waals surface area contributed by atoms with Gasteiger partial charge in [-0.25, -0.2) is 22.0 Å². The molecule has 0 aromatic carbocycles. The molecule has 0 amide bonds. The van der Waals surface area contributed by atoms with Crippen LogP contribution in [0, 0.1) is 11.8 Å². The van der Waals surface area contributed by atoms with Crippen LogP contribution in [-0.2, 0) is 0 Å². The summed E-state index contributed by atoms with van der Waals surface area (Å²) in [7, 11) is 0. The Morgan fingerprint density at radius 2 is 0.917 bits per heavy atom. The average Bonchev–Trinajstić information content (AvgIpc) is 2.50. The summed E-state index contributed by atoms with van der Waals surface area (Å²) in [5.74, 6) is -19.4.